The van der Waals surface area contributed by atoms with Gasteiger partial charge in [0.25, 0.3) is 5.91 Å². The summed E-state index contributed by atoms with van der Waals surface area (Å²) in [6, 6.07) is -0.0420. The van der Waals surface area contributed by atoms with E-state index in [1.807, 2.05) is 4.90 Å². The first-order chi connectivity index (χ1) is 10.1. The van der Waals surface area contributed by atoms with Gasteiger partial charge in [-0.15, -0.1) is 0 Å². The van der Waals surface area contributed by atoms with Crippen LogP contribution in [0.1, 0.15) is 23.3 Å². The number of nitrogens with one attached hydrogen (secondary N) is 2. The molecule has 8 heteroatoms. The lowest BCUT2D eigenvalue weighted by Gasteiger charge is -2.35. The van der Waals surface area contributed by atoms with E-state index >= 15 is 0 Å². The van der Waals surface area contributed by atoms with E-state index in [-0.39, 0.29) is 23.8 Å². The van der Waals surface area contributed by atoms with Crippen molar-refractivity contribution in [3.05, 3.63) is 11.9 Å². The van der Waals surface area contributed by atoms with Gasteiger partial charge in [0.1, 0.15) is 5.69 Å². The standard InChI is InChI=1S/C13H20N6O2/c14-13-16-8-10(17-13)12(21)19-6-4-18(5-7-19)11(20)9-2-1-3-15-9/h8-9,15H,1-7H2,(H3,14,16,17)/t9-/m0/s1. The SMILES string of the molecule is Nc1ncc(C(=O)N2CCN(C(=O)[C@@H]3CCCN3)CC2)[nH]1. The van der Waals surface area contributed by atoms with Gasteiger partial charge in [-0.05, 0) is 19.4 Å². The van der Waals surface area contributed by atoms with Crippen molar-refractivity contribution in [1.29, 1.82) is 0 Å². The first-order valence-electron chi connectivity index (χ1n) is 7.27. The number of imidazole rings is 1. The zero-order chi connectivity index (χ0) is 14.8. The molecule has 2 aliphatic rings. The predicted octanol–water partition coefficient (Wildman–Crippen LogP) is -0.972. The number of amides is 2. The molecule has 0 bridgehead atoms. The van der Waals surface area contributed by atoms with E-state index in [1.165, 1.54) is 6.20 Å². The number of hydrogen-bond donors (Lipinski definition) is 3. The molecule has 2 amide bonds. The zero-order valence-electron chi connectivity index (χ0n) is 11.8. The molecule has 0 radical (unpaired) electrons. The number of H-pyrrole nitrogens is 1. The highest BCUT2D eigenvalue weighted by Crippen LogP contribution is 2.12. The minimum atomic E-state index is -0.120. The van der Waals surface area contributed by atoms with Crippen LogP contribution in [0.3, 0.4) is 0 Å². The van der Waals surface area contributed by atoms with Gasteiger partial charge in [0, 0.05) is 26.2 Å². The number of nitrogens with zero attached hydrogens (tertiary/aromatic N) is 3. The van der Waals surface area contributed by atoms with E-state index in [1.54, 1.807) is 4.90 Å². The zero-order valence-corrected chi connectivity index (χ0v) is 11.8. The molecule has 3 rings (SSSR count). The number of nitrogens with two attached hydrogens (primary N) is 1. The van der Waals surface area contributed by atoms with Gasteiger partial charge in [0.05, 0.1) is 12.2 Å². The molecule has 2 saturated heterocycles. The van der Waals surface area contributed by atoms with Gasteiger partial charge in [-0.25, -0.2) is 4.98 Å². The molecule has 114 valence electrons. The van der Waals surface area contributed by atoms with E-state index in [0.29, 0.717) is 31.9 Å². The summed E-state index contributed by atoms with van der Waals surface area (Å²) in [5.41, 5.74) is 5.87. The number of hydrogen-bond acceptors (Lipinski definition) is 5. The van der Waals surface area contributed by atoms with Crippen molar-refractivity contribution in [2.45, 2.75) is 18.9 Å². The van der Waals surface area contributed by atoms with Crippen LogP contribution in [-0.4, -0.2) is 70.3 Å². The molecule has 0 unspecified atom stereocenters. The Hall–Kier alpha value is -2.09. The van der Waals surface area contributed by atoms with E-state index < -0.39 is 0 Å². The van der Waals surface area contributed by atoms with Crippen LogP contribution >= 0.6 is 0 Å². The third-order valence-corrected chi connectivity index (χ3v) is 4.06. The topological polar surface area (TPSA) is 107 Å². The summed E-state index contributed by atoms with van der Waals surface area (Å²) < 4.78 is 0. The Labute approximate surface area is 122 Å². The van der Waals surface area contributed by atoms with E-state index in [0.717, 1.165) is 19.4 Å². The van der Waals surface area contributed by atoms with E-state index in [9.17, 15) is 9.59 Å². The maximum Gasteiger partial charge on any atom is 0.272 e. The summed E-state index contributed by atoms with van der Waals surface area (Å²) in [6.07, 6.45) is 3.40. The second-order valence-corrected chi connectivity index (χ2v) is 5.45. The van der Waals surface area contributed by atoms with Gasteiger partial charge in [0.15, 0.2) is 5.95 Å². The molecular formula is C13H20N6O2. The first kappa shape index (κ1) is 13.9. The van der Waals surface area contributed by atoms with Crippen LogP contribution in [0.15, 0.2) is 6.20 Å². The number of piperazine rings is 1. The van der Waals surface area contributed by atoms with Crippen molar-refractivity contribution < 1.29 is 9.59 Å². The second-order valence-electron chi connectivity index (χ2n) is 5.45. The number of nitrogen functional groups attached to an aromatic ring is 1. The molecule has 8 nitrogen and oxygen atoms in total. The Balaban J connectivity index is 1.55. The molecule has 4 N–H and O–H groups in total. The molecular weight excluding hydrogens is 272 g/mol. The highest BCUT2D eigenvalue weighted by Gasteiger charge is 2.30. The molecule has 0 aliphatic carbocycles. The van der Waals surface area contributed by atoms with Crippen molar-refractivity contribution in [1.82, 2.24) is 25.1 Å². The first-order valence-corrected chi connectivity index (χ1v) is 7.27. The minimum Gasteiger partial charge on any atom is -0.369 e. The molecule has 0 saturated carbocycles. The molecule has 0 aromatic carbocycles. The minimum absolute atomic E-state index is 0.0420. The Morgan fingerprint density at radius 3 is 2.52 bits per heavy atom. The van der Waals surface area contributed by atoms with Crippen LogP contribution in [0.5, 0.6) is 0 Å². The largest absolute Gasteiger partial charge is 0.369 e. The van der Waals surface area contributed by atoms with Crippen molar-refractivity contribution in [3.63, 3.8) is 0 Å². The maximum atomic E-state index is 12.3. The summed E-state index contributed by atoms with van der Waals surface area (Å²) in [7, 11) is 0. The number of carbonyl (C=O) groups is 2. The van der Waals surface area contributed by atoms with Gasteiger partial charge in [0.2, 0.25) is 5.91 Å². The Morgan fingerprint density at radius 2 is 1.95 bits per heavy atom. The fraction of sp³-hybridized carbons (Fsp3) is 0.615. The number of carbonyl (C=O) groups excluding carboxylic acids is 2. The van der Waals surface area contributed by atoms with Crippen LogP contribution in [0.4, 0.5) is 5.95 Å². The molecule has 1 aromatic rings. The third kappa shape index (κ3) is 2.85. The lowest BCUT2D eigenvalue weighted by atomic mass is 10.2. The fourth-order valence-corrected chi connectivity index (χ4v) is 2.86. The van der Waals surface area contributed by atoms with E-state index in [2.05, 4.69) is 15.3 Å². The molecule has 3 heterocycles. The summed E-state index contributed by atoms with van der Waals surface area (Å²) in [4.78, 5) is 34.6. The van der Waals surface area contributed by atoms with Gasteiger partial charge >= 0.3 is 0 Å². The Kier molecular flexibility index (Phi) is 3.78. The highest BCUT2D eigenvalue weighted by molar-refractivity contribution is 5.92. The van der Waals surface area contributed by atoms with Crippen molar-refractivity contribution in [2.24, 2.45) is 0 Å². The summed E-state index contributed by atoms with van der Waals surface area (Å²) in [5, 5.41) is 3.22. The van der Waals surface area contributed by atoms with Crippen LogP contribution < -0.4 is 11.1 Å². The number of aromatic nitrogens is 2. The average Bonchev–Trinajstić information content (AvgIpc) is 3.17. The molecule has 1 atom stereocenters. The van der Waals surface area contributed by atoms with Gasteiger partial charge in [-0.1, -0.05) is 0 Å². The average molecular weight is 292 g/mol. The lowest BCUT2D eigenvalue weighted by molar-refractivity contribution is -0.134. The number of aromatic amines is 1. The fourth-order valence-electron chi connectivity index (χ4n) is 2.86. The van der Waals surface area contributed by atoms with E-state index in [4.69, 9.17) is 5.73 Å². The van der Waals surface area contributed by atoms with Crippen molar-refractivity contribution in [2.75, 3.05) is 38.5 Å². The van der Waals surface area contributed by atoms with Crippen LogP contribution in [-0.2, 0) is 4.79 Å². The molecule has 0 spiro atoms. The Bertz CT molecular complexity index is 529. The quantitative estimate of drug-likeness (QED) is 0.650. The molecule has 1 aromatic heterocycles. The second kappa shape index (κ2) is 5.72. The highest BCUT2D eigenvalue weighted by atomic mass is 16.2. The maximum absolute atomic E-state index is 12.3. The van der Waals surface area contributed by atoms with Crippen LogP contribution in [0.25, 0.3) is 0 Å². The van der Waals surface area contributed by atoms with Gasteiger partial charge < -0.3 is 25.8 Å². The molecule has 2 aliphatic heterocycles. The Morgan fingerprint density at radius 1 is 1.24 bits per heavy atom. The van der Waals surface area contributed by atoms with Crippen molar-refractivity contribution >= 4 is 17.8 Å². The number of anilines is 1. The summed E-state index contributed by atoms with van der Waals surface area (Å²) >= 11 is 0. The van der Waals surface area contributed by atoms with Crippen LogP contribution in [0.2, 0.25) is 0 Å². The monoisotopic (exact) mass is 292 g/mol. The van der Waals surface area contributed by atoms with Gasteiger partial charge in [-0.3, -0.25) is 9.59 Å². The van der Waals surface area contributed by atoms with Gasteiger partial charge in [-0.2, -0.15) is 0 Å². The van der Waals surface area contributed by atoms with Crippen LogP contribution in [0, 0.1) is 0 Å². The predicted molar refractivity (Wildman–Crippen MR) is 76.5 cm³/mol. The lowest BCUT2D eigenvalue weighted by Crippen LogP contribution is -2.54. The summed E-state index contributed by atoms with van der Waals surface area (Å²) in [6.45, 7) is 3.14. The molecule has 2 fully saturated rings. The smallest absolute Gasteiger partial charge is 0.272 e. The molecule has 21 heavy (non-hydrogen) atoms. The third-order valence-electron chi connectivity index (χ3n) is 4.06. The number of rotatable bonds is 2. The normalized spacial score (nSPS) is 22.6. The van der Waals surface area contributed by atoms with Crippen molar-refractivity contribution in [3.8, 4) is 0 Å². The summed E-state index contributed by atoms with van der Waals surface area (Å²) in [5.74, 6) is 0.273.